The normalized spacial score (nSPS) is 10.4. The molecule has 1 aromatic rings. The van der Waals surface area contributed by atoms with E-state index in [1.165, 1.54) is 6.07 Å². The fraction of sp³-hybridized carbons (Fsp3) is 0.385. The highest BCUT2D eigenvalue weighted by atomic mass is 16.4. The van der Waals surface area contributed by atoms with E-state index in [0.717, 1.165) is 0 Å². The number of amides is 1. The molecule has 0 bridgehead atoms. The number of benzene rings is 1. The smallest absolute Gasteiger partial charge is 0.335 e. The van der Waals surface area contributed by atoms with Crippen molar-refractivity contribution in [2.75, 3.05) is 0 Å². The Bertz CT molecular complexity index is 438. The lowest BCUT2D eigenvalue weighted by Gasteiger charge is -2.13. The number of hydrogen-bond acceptors (Lipinski definition) is 2. The van der Waals surface area contributed by atoms with Crippen molar-refractivity contribution in [2.45, 2.75) is 33.2 Å². The molecule has 4 heteroatoms. The first-order valence-corrected chi connectivity index (χ1v) is 5.63. The summed E-state index contributed by atoms with van der Waals surface area (Å²) in [6.45, 7) is 5.57. The molecule has 92 valence electrons. The van der Waals surface area contributed by atoms with Crippen molar-refractivity contribution in [3.05, 3.63) is 34.9 Å². The highest BCUT2D eigenvalue weighted by Gasteiger charge is 2.17. The maximum Gasteiger partial charge on any atom is 0.335 e. The van der Waals surface area contributed by atoms with E-state index < -0.39 is 5.97 Å². The quantitative estimate of drug-likeness (QED) is 0.839. The monoisotopic (exact) mass is 235 g/mol. The first-order valence-electron chi connectivity index (χ1n) is 5.63. The van der Waals surface area contributed by atoms with Gasteiger partial charge >= 0.3 is 5.97 Å². The van der Waals surface area contributed by atoms with E-state index in [1.54, 1.807) is 12.1 Å². The predicted molar refractivity (Wildman–Crippen MR) is 65.4 cm³/mol. The van der Waals surface area contributed by atoms with Gasteiger partial charge in [0.2, 0.25) is 0 Å². The Morgan fingerprint density at radius 1 is 1.29 bits per heavy atom. The fourth-order valence-electron chi connectivity index (χ4n) is 1.72. The van der Waals surface area contributed by atoms with Crippen LogP contribution < -0.4 is 5.32 Å². The summed E-state index contributed by atoms with van der Waals surface area (Å²) in [7, 11) is 0. The van der Waals surface area contributed by atoms with E-state index in [9.17, 15) is 9.59 Å². The van der Waals surface area contributed by atoms with Crippen LogP contribution >= 0.6 is 0 Å². The summed E-state index contributed by atoms with van der Waals surface area (Å²) in [5.74, 6) is -1.22. The van der Waals surface area contributed by atoms with Gasteiger partial charge in [-0.1, -0.05) is 13.0 Å². The molecular formula is C13H17NO3. The van der Waals surface area contributed by atoms with Crippen LogP contribution in [0, 0.1) is 0 Å². The highest BCUT2D eigenvalue weighted by molar-refractivity contribution is 6.00. The molecule has 0 unspecified atom stereocenters. The van der Waals surface area contributed by atoms with Crippen molar-refractivity contribution >= 4 is 11.9 Å². The average molecular weight is 235 g/mol. The maximum absolute atomic E-state index is 11.9. The summed E-state index contributed by atoms with van der Waals surface area (Å²) >= 11 is 0. The zero-order valence-corrected chi connectivity index (χ0v) is 10.3. The minimum absolute atomic E-state index is 0.0284. The van der Waals surface area contributed by atoms with Crippen LogP contribution in [0.4, 0.5) is 0 Å². The van der Waals surface area contributed by atoms with E-state index >= 15 is 0 Å². The molecule has 0 saturated carbocycles. The van der Waals surface area contributed by atoms with Crippen LogP contribution in [-0.2, 0) is 6.42 Å². The van der Waals surface area contributed by atoms with Gasteiger partial charge in [-0.3, -0.25) is 4.79 Å². The Morgan fingerprint density at radius 2 is 1.88 bits per heavy atom. The van der Waals surface area contributed by atoms with Crippen LogP contribution in [0.2, 0.25) is 0 Å². The largest absolute Gasteiger partial charge is 0.478 e. The number of carbonyl (C=O) groups excluding carboxylic acids is 1. The highest BCUT2D eigenvalue weighted by Crippen LogP contribution is 2.16. The Kier molecular flexibility index (Phi) is 4.26. The van der Waals surface area contributed by atoms with Gasteiger partial charge in [0.25, 0.3) is 5.91 Å². The lowest BCUT2D eigenvalue weighted by Crippen LogP contribution is -2.31. The molecule has 1 aromatic carbocycles. The number of carbonyl (C=O) groups is 2. The standard InChI is InChI=1S/C13H17NO3/c1-4-9-10(12(15)14-8(2)3)6-5-7-11(9)13(16)17/h5-8H,4H2,1-3H3,(H,14,15)(H,16,17). The van der Waals surface area contributed by atoms with Crippen LogP contribution in [0.3, 0.4) is 0 Å². The molecule has 0 saturated heterocycles. The third-order valence-electron chi connectivity index (χ3n) is 2.42. The molecule has 0 radical (unpaired) electrons. The van der Waals surface area contributed by atoms with E-state index in [2.05, 4.69) is 5.32 Å². The molecule has 0 aliphatic heterocycles. The lowest BCUT2D eigenvalue weighted by molar-refractivity contribution is 0.0695. The molecule has 1 amide bonds. The number of carboxylic acids is 1. The molecule has 0 aliphatic carbocycles. The van der Waals surface area contributed by atoms with Crippen molar-refractivity contribution < 1.29 is 14.7 Å². The second kappa shape index (κ2) is 5.48. The summed E-state index contributed by atoms with van der Waals surface area (Å²) in [5, 5.41) is 11.8. The molecule has 0 atom stereocenters. The van der Waals surface area contributed by atoms with Crippen LogP contribution in [0.25, 0.3) is 0 Å². The Morgan fingerprint density at radius 3 is 2.35 bits per heavy atom. The van der Waals surface area contributed by atoms with Gasteiger partial charge in [0.1, 0.15) is 0 Å². The van der Waals surface area contributed by atoms with Crippen LogP contribution in [0.5, 0.6) is 0 Å². The molecule has 17 heavy (non-hydrogen) atoms. The van der Waals surface area contributed by atoms with E-state index in [4.69, 9.17) is 5.11 Å². The van der Waals surface area contributed by atoms with Gasteiger partial charge in [0.15, 0.2) is 0 Å². The molecule has 4 nitrogen and oxygen atoms in total. The van der Waals surface area contributed by atoms with Crippen molar-refractivity contribution in [1.29, 1.82) is 0 Å². The van der Waals surface area contributed by atoms with Crippen LogP contribution in [0.1, 0.15) is 47.1 Å². The summed E-state index contributed by atoms with van der Waals surface area (Å²) in [6.07, 6.45) is 0.517. The molecule has 1 rings (SSSR count). The number of rotatable bonds is 4. The Hall–Kier alpha value is -1.84. The molecule has 0 aliphatic rings. The van der Waals surface area contributed by atoms with Gasteiger partial charge < -0.3 is 10.4 Å². The van der Waals surface area contributed by atoms with Crippen LogP contribution in [0.15, 0.2) is 18.2 Å². The summed E-state index contributed by atoms with van der Waals surface area (Å²) in [4.78, 5) is 23.0. The van der Waals surface area contributed by atoms with Crippen LogP contribution in [-0.4, -0.2) is 23.0 Å². The van der Waals surface area contributed by atoms with Gasteiger partial charge in [-0.15, -0.1) is 0 Å². The van der Waals surface area contributed by atoms with Crippen molar-refractivity contribution in [1.82, 2.24) is 5.32 Å². The predicted octanol–water partition coefficient (Wildman–Crippen LogP) is 2.09. The number of aromatic carboxylic acids is 1. The fourth-order valence-corrected chi connectivity index (χ4v) is 1.72. The van der Waals surface area contributed by atoms with Gasteiger partial charge in [0.05, 0.1) is 5.56 Å². The zero-order chi connectivity index (χ0) is 13.0. The second-order valence-corrected chi connectivity index (χ2v) is 4.12. The summed E-state index contributed by atoms with van der Waals surface area (Å²) in [6, 6.07) is 4.80. The third-order valence-corrected chi connectivity index (χ3v) is 2.42. The van der Waals surface area contributed by atoms with Crippen molar-refractivity contribution in [3.8, 4) is 0 Å². The average Bonchev–Trinajstić information content (AvgIpc) is 2.26. The lowest BCUT2D eigenvalue weighted by atomic mass is 9.98. The SMILES string of the molecule is CCc1c(C(=O)O)cccc1C(=O)NC(C)C. The van der Waals surface area contributed by atoms with E-state index in [-0.39, 0.29) is 17.5 Å². The molecule has 0 heterocycles. The Balaban J connectivity index is 3.20. The van der Waals surface area contributed by atoms with Gasteiger partial charge in [-0.05, 0) is 38.0 Å². The van der Waals surface area contributed by atoms with Gasteiger partial charge in [-0.25, -0.2) is 4.79 Å². The third kappa shape index (κ3) is 3.06. The van der Waals surface area contributed by atoms with Gasteiger partial charge in [-0.2, -0.15) is 0 Å². The maximum atomic E-state index is 11.9. The van der Waals surface area contributed by atoms with Crippen molar-refractivity contribution in [2.24, 2.45) is 0 Å². The minimum atomic E-state index is -0.999. The first-order chi connectivity index (χ1) is 7.97. The second-order valence-electron chi connectivity index (χ2n) is 4.12. The molecular weight excluding hydrogens is 218 g/mol. The first kappa shape index (κ1) is 13.2. The van der Waals surface area contributed by atoms with E-state index in [1.807, 2.05) is 20.8 Å². The summed E-state index contributed by atoms with van der Waals surface area (Å²) < 4.78 is 0. The number of carboxylic acid groups (broad SMARTS) is 1. The minimum Gasteiger partial charge on any atom is -0.478 e. The molecule has 0 spiro atoms. The Labute approximate surface area is 101 Å². The molecule has 0 aromatic heterocycles. The zero-order valence-electron chi connectivity index (χ0n) is 10.3. The number of nitrogens with one attached hydrogen (secondary N) is 1. The topological polar surface area (TPSA) is 66.4 Å². The molecule has 2 N–H and O–H groups in total. The van der Waals surface area contributed by atoms with E-state index in [0.29, 0.717) is 17.5 Å². The molecule has 0 fully saturated rings. The van der Waals surface area contributed by atoms with Gasteiger partial charge in [0, 0.05) is 11.6 Å². The summed E-state index contributed by atoms with van der Waals surface area (Å²) in [5.41, 5.74) is 1.23. The number of hydrogen-bond donors (Lipinski definition) is 2. The van der Waals surface area contributed by atoms with Crippen molar-refractivity contribution in [3.63, 3.8) is 0 Å².